The summed E-state index contributed by atoms with van der Waals surface area (Å²) in [6, 6.07) is 7.08. The number of rotatable bonds is 1. The van der Waals surface area contributed by atoms with Gasteiger partial charge in [0.15, 0.2) is 11.6 Å². The van der Waals surface area contributed by atoms with Crippen LogP contribution in [0.15, 0.2) is 34.7 Å². The number of carbonyl (C=O) groups excluding carboxylic acids is 2. The average molecular weight is 248 g/mol. The highest BCUT2D eigenvalue weighted by atomic mass is 32.3. The third-order valence-corrected chi connectivity index (χ3v) is 4.63. The van der Waals surface area contributed by atoms with Gasteiger partial charge >= 0.3 is 0 Å². The van der Waals surface area contributed by atoms with Gasteiger partial charge in [-0.05, 0) is 25.7 Å². The van der Waals surface area contributed by atoms with Crippen molar-refractivity contribution in [1.82, 2.24) is 0 Å². The molecule has 0 radical (unpaired) electrons. The number of carbonyl (C=O) groups is 2. The van der Waals surface area contributed by atoms with E-state index >= 15 is 0 Å². The molecule has 1 aromatic carbocycles. The van der Waals surface area contributed by atoms with E-state index in [9.17, 15) is 9.59 Å². The molecule has 3 heteroatoms. The molecule has 0 heterocycles. The van der Waals surface area contributed by atoms with Crippen LogP contribution in [0.25, 0.3) is 0 Å². The van der Waals surface area contributed by atoms with Gasteiger partial charge in [0.05, 0.1) is 0 Å². The first kappa shape index (κ1) is 12.1. The summed E-state index contributed by atoms with van der Waals surface area (Å²) in [6.45, 7) is 1.77. The molecule has 0 spiro atoms. The van der Waals surface area contributed by atoms with E-state index in [4.69, 9.17) is 0 Å². The molecule has 0 saturated carbocycles. The standard InChI is InChI=1S/C14H16O2S/c1-9-12(15)10-7-5-6-8-11(10)13(16)14(9)17(2,3)4/h5-8H,1-4H3. The van der Waals surface area contributed by atoms with Crippen LogP contribution in [0.4, 0.5) is 0 Å². The Kier molecular flexibility index (Phi) is 2.74. The molecule has 0 aliphatic heterocycles. The smallest absolute Gasteiger partial charge is 0.198 e. The zero-order valence-electron chi connectivity index (χ0n) is 10.5. The number of hydrogen-bond donors (Lipinski definition) is 0. The van der Waals surface area contributed by atoms with Crippen LogP contribution in [0, 0.1) is 0 Å². The normalized spacial score (nSPS) is 17.2. The van der Waals surface area contributed by atoms with Gasteiger partial charge in [-0.15, -0.1) is 0 Å². The van der Waals surface area contributed by atoms with E-state index in [0.717, 1.165) is 4.91 Å². The van der Waals surface area contributed by atoms with Crippen LogP contribution >= 0.6 is 10.0 Å². The fraction of sp³-hybridized carbons (Fsp3) is 0.286. The SMILES string of the molecule is CC1=C(S(C)(C)C)C(=O)c2ccccc2C1=O. The lowest BCUT2D eigenvalue weighted by molar-refractivity contribution is 0.0981. The minimum absolute atomic E-state index is 0.00220. The average Bonchev–Trinajstić information content (AvgIpc) is 2.24. The second-order valence-corrected chi connectivity index (χ2v) is 9.08. The minimum atomic E-state index is -1.19. The summed E-state index contributed by atoms with van der Waals surface area (Å²) in [5, 5.41) is 0. The highest BCUT2D eigenvalue weighted by Crippen LogP contribution is 2.49. The van der Waals surface area contributed by atoms with E-state index in [2.05, 4.69) is 0 Å². The van der Waals surface area contributed by atoms with Crippen molar-refractivity contribution in [3.63, 3.8) is 0 Å². The molecule has 90 valence electrons. The van der Waals surface area contributed by atoms with Crippen LogP contribution in [-0.4, -0.2) is 30.3 Å². The summed E-state index contributed by atoms with van der Waals surface area (Å²) in [5.74, 6) is 0.0258. The summed E-state index contributed by atoms with van der Waals surface area (Å²) in [5.41, 5.74) is 1.72. The molecule has 1 aliphatic rings. The Morgan fingerprint density at radius 1 is 0.882 bits per heavy atom. The van der Waals surface area contributed by atoms with Crippen molar-refractivity contribution in [2.45, 2.75) is 6.92 Å². The van der Waals surface area contributed by atoms with Crippen molar-refractivity contribution >= 4 is 21.6 Å². The van der Waals surface area contributed by atoms with Gasteiger partial charge in [0.25, 0.3) is 0 Å². The van der Waals surface area contributed by atoms with Crippen molar-refractivity contribution < 1.29 is 9.59 Å². The molecule has 0 bridgehead atoms. The molecule has 0 aromatic heterocycles. The molecule has 0 amide bonds. The second kappa shape index (κ2) is 3.84. The predicted molar refractivity (Wildman–Crippen MR) is 73.2 cm³/mol. The quantitative estimate of drug-likeness (QED) is 0.765. The molecule has 0 N–H and O–H groups in total. The van der Waals surface area contributed by atoms with Crippen LogP contribution in [-0.2, 0) is 0 Å². The monoisotopic (exact) mass is 248 g/mol. The van der Waals surface area contributed by atoms with Gasteiger partial charge < -0.3 is 0 Å². The van der Waals surface area contributed by atoms with Crippen molar-refractivity contribution in [3.05, 3.63) is 45.9 Å². The van der Waals surface area contributed by atoms with E-state index in [-0.39, 0.29) is 11.6 Å². The van der Waals surface area contributed by atoms with Crippen LogP contribution in [0.2, 0.25) is 0 Å². The summed E-state index contributed by atoms with van der Waals surface area (Å²) in [7, 11) is -1.19. The number of ketones is 2. The number of allylic oxidation sites excluding steroid dienone is 2. The van der Waals surface area contributed by atoms with Crippen LogP contribution < -0.4 is 0 Å². The van der Waals surface area contributed by atoms with Crippen molar-refractivity contribution in [1.29, 1.82) is 0 Å². The molecule has 2 nitrogen and oxygen atoms in total. The molecule has 0 atom stereocenters. The third kappa shape index (κ3) is 1.84. The maximum Gasteiger partial charge on any atom is 0.198 e. The molecular formula is C14H16O2S. The van der Waals surface area contributed by atoms with Crippen molar-refractivity contribution in [2.75, 3.05) is 18.8 Å². The summed E-state index contributed by atoms with van der Waals surface area (Å²) < 4.78 is 0. The van der Waals surface area contributed by atoms with E-state index in [0.29, 0.717) is 16.7 Å². The lowest BCUT2D eigenvalue weighted by Gasteiger charge is -2.32. The molecule has 2 rings (SSSR count). The first-order chi connectivity index (χ1) is 7.84. The largest absolute Gasteiger partial charge is 0.289 e. The Balaban J connectivity index is 2.71. The predicted octanol–water partition coefficient (Wildman–Crippen LogP) is 3.03. The van der Waals surface area contributed by atoms with Gasteiger partial charge in [-0.2, -0.15) is 0 Å². The highest BCUT2D eigenvalue weighted by Gasteiger charge is 2.33. The number of benzene rings is 1. The molecule has 17 heavy (non-hydrogen) atoms. The van der Waals surface area contributed by atoms with Gasteiger partial charge in [0, 0.05) is 21.6 Å². The van der Waals surface area contributed by atoms with Gasteiger partial charge in [0.1, 0.15) is 0 Å². The zero-order chi connectivity index (χ0) is 12.8. The lowest BCUT2D eigenvalue weighted by Crippen LogP contribution is -2.23. The Bertz CT molecular complexity index is 548. The third-order valence-electron chi connectivity index (χ3n) is 2.92. The Labute approximate surface area is 103 Å². The lowest BCUT2D eigenvalue weighted by atomic mass is 9.90. The maximum atomic E-state index is 12.4. The fourth-order valence-corrected chi connectivity index (χ4v) is 3.89. The second-order valence-electron chi connectivity index (χ2n) is 5.00. The van der Waals surface area contributed by atoms with Crippen molar-refractivity contribution in [2.24, 2.45) is 0 Å². The van der Waals surface area contributed by atoms with Crippen LogP contribution in [0.3, 0.4) is 0 Å². The van der Waals surface area contributed by atoms with Gasteiger partial charge in [-0.1, -0.05) is 24.3 Å². The zero-order valence-corrected chi connectivity index (χ0v) is 11.4. The topological polar surface area (TPSA) is 34.1 Å². The molecule has 1 aromatic rings. The van der Waals surface area contributed by atoms with E-state index in [1.54, 1.807) is 31.2 Å². The van der Waals surface area contributed by atoms with Gasteiger partial charge in [-0.3, -0.25) is 9.59 Å². The summed E-state index contributed by atoms with van der Waals surface area (Å²) in [4.78, 5) is 25.4. The molecule has 0 fully saturated rings. The van der Waals surface area contributed by atoms with Crippen LogP contribution in [0.5, 0.6) is 0 Å². The van der Waals surface area contributed by atoms with Gasteiger partial charge in [0.2, 0.25) is 0 Å². The van der Waals surface area contributed by atoms with Crippen LogP contribution in [0.1, 0.15) is 27.6 Å². The summed E-state index contributed by atoms with van der Waals surface area (Å²) >= 11 is 0. The number of hydrogen-bond acceptors (Lipinski definition) is 2. The Morgan fingerprint density at radius 2 is 1.35 bits per heavy atom. The van der Waals surface area contributed by atoms with E-state index < -0.39 is 10.0 Å². The number of fused-ring (bicyclic) bond motifs is 1. The van der Waals surface area contributed by atoms with E-state index in [1.807, 2.05) is 18.8 Å². The molecule has 0 unspecified atom stereocenters. The minimum Gasteiger partial charge on any atom is -0.289 e. The summed E-state index contributed by atoms with van der Waals surface area (Å²) in [6.07, 6.45) is 6.14. The molecular weight excluding hydrogens is 232 g/mol. The van der Waals surface area contributed by atoms with Gasteiger partial charge in [-0.25, -0.2) is 10.0 Å². The van der Waals surface area contributed by atoms with E-state index in [1.165, 1.54) is 0 Å². The molecule has 1 aliphatic carbocycles. The maximum absolute atomic E-state index is 12.4. The fourth-order valence-electron chi connectivity index (χ4n) is 2.21. The molecule has 0 saturated heterocycles. The Morgan fingerprint density at radius 3 is 1.82 bits per heavy atom. The number of Topliss-reactive ketones (excluding diaryl/α,β-unsaturated/α-hetero) is 2. The first-order valence-electron chi connectivity index (χ1n) is 5.41. The highest BCUT2D eigenvalue weighted by molar-refractivity contribution is 8.35. The Hall–Kier alpha value is -1.35. The first-order valence-corrected chi connectivity index (χ1v) is 8.27. The van der Waals surface area contributed by atoms with Crippen molar-refractivity contribution in [3.8, 4) is 0 Å².